The van der Waals surface area contributed by atoms with Crippen molar-refractivity contribution in [2.75, 3.05) is 5.43 Å². The van der Waals surface area contributed by atoms with Crippen LogP contribution in [0.5, 0.6) is 11.6 Å². The van der Waals surface area contributed by atoms with Crippen molar-refractivity contribution < 1.29 is 9.66 Å². The number of benzene rings is 1. The molecule has 0 fully saturated rings. The lowest BCUT2D eigenvalue weighted by Gasteiger charge is -2.08. The Bertz CT molecular complexity index is 669. The Kier molecular flexibility index (Phi) is 4.32. The van der Waals surface area contributed by atoms with Crippen LogP contribution in [0, 0.1) is 10.1 Å². The number of hydrazine groups is 1. The van der Waals surface area contributed by atoms with Crippen LogP contribution < -0.4 is 16.0 Å². The van der Waals surface area contributed by atoms with E-state index >= 15 is 0 Å². The van der Waals surface area contributed by atoms with Crippen LogP contribution in [0.1, 0.15) is 0 Å². The van der Waals surface area contributed by atoms with Crippen LogP contribution in [0.15, 0.2) is 29.0 Å². The lowest BCUT2D eigenvalue weighted by molar-refractivity contribution is -0.385. The molecule has 1 heterocycles. The Balaban J connectivity index is 2.48. The minimum atomic E-state index is -0.698. The third kappa shape index (κ3) is 2.95. The average Bonchev–Trinajstić information content (AvgIpc) is 2.42. The molecule has 0 bridgehead atoms. The Morgan fingerprint density at radius 1 is 1.45 bits per heavy atom. The van der Waals surface area contributed by atoms with Crippen LogP contribution in [0.3, 0.4) is 0 Å². The standard InChI is InChI=1S/C10H7BrClN5O3/c11-5-1-2-6(12)7(3-5)20-10-8(17(18)19)9(16-13)14-4-15-10/h1-4H,13H2,(H,14,15,16). The molecule has 1 aromatic carbocycles. The molecule has 2 aromatic rings. The van der Waals surface area contributed by atoms with Gasteiger partial charge in [0.25, 0.3) is 0 Å². The number of nitrogen functional groups attached to an aromatic ring is 1. The van der Waals surface area contributed by atoms with E-state index in [-0.39, 0.29) is 22.5 Å². The van der Waals surface area contributed by atoms with Crippen molar-refractivity contribution in [2.45, 2.75) is 0 Å². The molecule has 0 unspecified atom stereocenters. The van der Waals surface area contributed by atoms with Crippen LogP contribution in [0.2, 0.25) is 5.02 Å². The zero-order valence-electron chi connectivity index (χ0n) is 9.71. The van der Waals surface area contributed by atoms with E-state index in [2.05, 4.69) is 31.3 Å². The van der Waals surface area contributed by atoms with Gasteiger partial charge in [0.2, 0.25) is 5.82 Å². The number of hydrogen-bond acceptors (Lipinski definition) is 7. The third-order valence-electron chi connectivity index (χ3n) is 2.21. The largest absolute Gasteiger partial charge is 0.432 e. The summed E-state index contributed by atoms with van der Waals surface area (Å²) in [6.45, 7) is 0. The summed E-state index contributed by atoms with van der Waals surface area (Å²) in [4.78, 5) is 17.7. The van der Waals surface area contributed by atoms with Gasteiger partial charge in [-0.15, -0.1) is 0 Å². The predicted octanol–water partition coefficient (Wildman–Crippen LogP) is 2.88. The van der Waals surface area contributed by atoms with E-state index in [4.69, 9.17) is 22.2 Å². The molecular weight excluding hydrogens is 353 g/mol. The van der Waals surface area contributed by atoms with Crippen LogP contribution in [-0.4, -0.2) is 14.9 Å². The molecule has 104 valence electrons. The summed E-state index contributed by atoms with van der Waals surface area (Å²) in [6.07, 6.45) is 1.09. The highest BCUT2D eigenvalue weighted by Gasteiger charge is 2.25. The van der Waals surface area contributed by atoms with Crippen molar-refractivity contribution in [3.05, 3.63) is 44.1 Å². The van der Waals surface area contributed by atoms with Gasteiger partial charge in [-0.3, -0.25) is 10.1 Å². The van der Waals surface area contributed by atoms with Gasteiger partial charge in [-0.1, -0.05) is 27.5 Å². The molecule has 0 aliphatic rings. The molecule has 2 rings (SSSR count). The van der Waals surface area contributed by atoms with E-state index in [0.29, 0.717) is 4.47 Å². The fourth-order valence-corrected chi connectivity index (χ4v) is 1.86. The first kappa shape index (κ1) is 14.4. The second-order valence-corrected chi connectivity index (χ2v) is 4.78. The van der Waals surface area contributed by atoms with Crippen molar-refractivity contribution in [3.63, 3.8) is 0 Å². The Morgan fingerprint density at radius 2 is 2.20 bits per heavy atom. The van der Waals surface area contributed by atoms with Crippen molar-refractivity contribution >= 4 is 39.0 Å². The van der Waals surface area contributed by atoms with E-state index in [1.165, 1.54) is 0 Å². The summed E-state index contributed by atoms with van der Waals surface area (Å²) >= 11 is 9.20. The highest BCUT2D eigenvalue weighted by Crippen LogP contribution is 2.37. The van der Waals surface area contributed by atoms with E-state index in [1.54, 1.807) is 18.2 Å². The fraction of sp³-hybridized carbons (Fsp3) is 0. The van der Waals surface area contributed by atoms with Crippen molar-refractivity contribution in [2.24, 2.45) is 5.84 Å². The number of rotatable bonds is 4. The number of nitrogens with one attached hydrogen (secondary N) is 1. The van der Waals surface area contributed by atoms with Crippen LogP contribution in [0.25, 0.3) is 0 Å². The predicted molar refractivity (Wildman–Crippen MR) is 75.7 cm³/mol. The summed E-state index contributed by atoms with van der Waals surface area (Å²) in [5.74, 6) is 4.96. The molecular formula is C10H7BrClN5O3. The smallest absolute Gasteiger partial charge is 0.374 e. The summed E-state index contributed by atoms with van der Waals surface area (Å²) in [5, 5.41) is 11.3. The zero-order chi connectivity index (χ0) is 14.7. The molecule has 0 atom stereocenters. The Hall–Kier alpha value is -1.97. The van der Waals surface area contributed by atoms with E-state index in [1.807, 2.05) is 0 Å². The molecule has 0 aliphatic heterocycles. The summed E-state index contributed by atoms with van der Waals surface area (Å²) in [7, 11) is 0. The number of anilines is 1. The average molecular weight is 361 g/mol. The van der Waals surface area contributed by atoms with Gasteiger partial charge in [0.15, 0.2) is 0 Å². The Morgan fingerprint density at radius 3 is 2.85 bits per heavy atom. The maximum absolute atomic E-state index is 11.1. The first-order valence-electron chi connectivity index (χ1n) is 5.12. The number of ether oxygens (including phenoxy) is 1. The number of hydrogen-bond donors (Lipinski definition) is 2. The molecule has 0 saturated heterocycles. The molecule has 20 heavy (non-hydrogen) atoms. The summed E-state index contributed by atoms with van der Waals surface area (Å²) < 4.78 is 6.07. The molecule has 0 amide bonds. The quantitative estimate of drug-likeness (QED) is 0.489. The molecule has 1 aromatic heterocycles. The van der Waals surface area contributed by atoms with Crippen LogP contribution >= 0.6 is 27.5 Å². The van der Waals surface area contributed by atoms with Gasteiger partial charge in [0.1, 0.15) is 12.1 Å². The second kappa shape index (κ2) is 5.99. The number of nitrogens with zero attached hydrogens (tertiary/aromatic N) is 3. The summed E-state index contributed by atoms with van der Waals surface area (Å²) in [5.41, 5.74) is 1.63. The topological polar surface area (TPSA) is 116 Å². The maximum atomic E-state index is 11.1. The fourth-order valence-electron chi connectivity index (χ4n) is 1.37. The number of aromatic nitrogens is 2. The van der Waals surface area contributed by atoms with Gasteiger partial charge in [0.05, 0.1) is 9.95 Å². The molecule has 10 heteroatoms. The number of nitrogens with two attached hydrogens (primary N) is 1. The monoisotopic (exact) mass is 359 g/mol. The van der Waals surface area contributed by atoms with E-state index in [0.717, 1.165) is 6.33 Å². The van der Waals surface area contributed by atoms with Gasteiger partial charge >= 0.3 is 11.6 Å². The van der Waals surface area contributed by atoms with E-state index < -0.39 is 10.6 Å². The maximum Gasteiger partial charge on any atom is 0.374 e. The highest BCUT2D eigenvalue weighted by atomic mass is 79.9. The van der Waals surface area contributed by atoms with Crippen LogP contribution in [0.4, 0.5) is 11.5 Å². The van der Waals surface area contributed by atoms with Crippen molar-refractivity contribution in [1.29, 1.82) is 0 Å². The summed E-state index contributed by atoms with van der Waals surface area (Å²) in [6, 6.07) is 4.84. The lowest BCUT2D eigenvalue weighted by Crippen LogP contribution is -2.12. The third-order valence-corrected chi connectivity index (χ3v) is 3.01. The molecule has 0 radical (unpaired) electrons. The number of nitro groups is 1. The van der Waals surface area contributed by atoms with Crippen molar-refractivity contribution in [1.82, 2.24) is 9.97 Å². The normalized spacial score (nSPS) is 10.2. The van der Waals surface area contributed by atoms with Crippen LogP contribution in [-0.2, 0) is 0 Å². The molecule has 8 nitrogen and oxygen atoms in total. The molecule has 0 spiro atoms. The van der Waals surface area contributed by atoms with Crippen molar-refractivity contribution in [3.8, 4) is 11.6 Å². The van der Waals surface area contributed by atoms with E-state index in [9.17, 15) is 10.1 Å². The lowest BCUT2D eigenvalue weighted by atomic mass is 10.3. The van der Waals surface area contributed by atoms with Gasteiger partial charge in [-0.2, -0.15) is 4.98 Å². The molecule has 3 N–H and O–H groups in total. The molecule has 0 aliphatic carbocycles. The van der Waals surface area contributed by atoms with Gasteiger partial charge in [-0.05, 0) is 18.2 Å². The first-order valence-corrected chi connectivity index (χ1v) is 6.29. The minimum absolute atomic E-state index is 0.161. The van der Waals surface area contributed by atoms with Gasteiger partial charge in [0, 0.05) is 4.47 Å². The molecule has 0 saturated carbocycles. The minimum Gasteiger partial charge on any atom is -0.432 e. The van der Waals surface area contributed by atoms with Gasteiger partial charge in [-0.25, -0.2) is 10.8 Å². The number of halogens is 2. The highest BCUT2D eigenvalue weighted by molar-refractivity contribution is 9.10. The first-order chi connectivity index (χ1) is 9.52. The SMILES string of the molecule is NNc1ncnc(Oc2cc(Br)ccc2Cl)c1[N+](=O)[O-]. The van der Waals surface area contributed by atoms with Gasteiger partial charge < -0.3 is 10.2 Å². The zero-order valence-corrected chi connectivity index (χ0v) is 12.1. The Labute approximate surface area is 126 Å². The second-order valence-electron chi connectivity index (χ2n) is 3.45.